The monoisotopic (exact) mass is 314 g/mol. The topological polar surface area (TPSA) is 43.4 Å². The minimum absolute atomic E-state index is 0.0312. The highest BCUT2D eigenvalue weighted by atomic mass is 32.1. The van der Waals surface area contributed by atoms with Gasteiger partial charge in [0, 0.05) is 11.9 Å². The number of halogens is 4. The van der Waals surface area contributed by atoms with Crippen molar-refractivity contribution in [1.29, 1.82) is 0 Å². The molecule has 9 heteroatoms. The van der Waals surface area contributed by atoms with E-state index in [1.165, 1.54) is 11.3 Å². The van der Waals surface area contributed by atoms with Crippen LogP contribution in [-0.4, -0.2) is 43.7 Å². The number of ether oxygens (including phenoxy) is 2. The van der Waals surface area contributed by atoms with Gasteiger partial charge in [0.25, 0.3) is 0 Å². The highest BCUT2D eigenvalue weighted by molar-refractivity contribution is 7.09. The Hall–Kier alpha value is -0.770. The SMILES string of the molecule is FC(F)C(F)(F)COCc1nc(C2COCCN2)cs1. The molecule has 1 aliphatic heterocycles. The molecule has 1 N–H and O–H groups in total. The van der Waals surface area contributed by atoms with Crippen LogP contribution in [0.25, 0.3) is 0 Å². The summed E-state index contributed by atoms with van der Waals surface area (Å²) in [6, 6.07) is -0.0312. The van der Waals surface area contributed by atoms with Crippen LogP contribution >= 0.6 is 11.3 Å². The number of morpholine rings is 1. The number of aromatic nitrogens is 1. The molecule has 0 spiro atoms. The van der Waals surface area contributed by atoms with E-state index < -0.39 is 19.0 Å². The van der Waals surface area contributed by atoms with Gasteiger partial charge in [0.15, 0.2) is 0 Å². The van der Waals surface area contributed by atoms with Crippen LogP contribution in [0.3, 0.4) is 0 Å². The largest absolute Gasteiger partial charge is 0.378 e. The number of hydrogen-bond donors (Lipinski definition) is 1. The Balaban J connectivity index is 1.81. The van der Waals surface area contributed by atoms with Gasteiger partial charge in [0.1, 0.15) is 11.6 Å². The minimum atomic E-state index is -4.13. The molecule has 0 radical (unpaired) electrons. The van der Waals surface area contributed by atoms with Crippen molar-refractivity contribution in [3.8, 4) is 0 Å². The van der Waals surface area contributed by atoms with Crippen molar-refractivity contribution >= 4 is 11.3 Å². The van der Waals surface area contributed by atoms with Crippen LogP contribution in [0.1, 0.15) is 16.7 Å². The first-order valence-electron chi connectivity index (χ1n) is 5.98. The lowest BCUT2D eigenvalue weighted by atomic mass is 10.2. The predicted molar refractivity (Wildman–Crippen MR) is 64.3 cm³/mol. The van der Waals surface area contributed by atoms with Crippen molar-refractivity contribution in [2.75, 3.05) is 26.4 Å². The Kier molecular flexibility index (Phi) is 5.30. The Bertz CT molecular complexity index is 424. The summed E-state index contributed by atoms with van der Waals surface area (Å²) in [5, 5.41) is 5.45. The Morgan fingerprint density at radius 3 is 3.00 bits per heavy atom. The maximum absolute atomic E-state index is 12.6. The predicted octanol–water partition coefficient (Wildman–Crippen LogP) is 2.22. The zero-order valence-corrected chi connectivity index (χ0v) is 11.3. The highest BCUT2D eigenvalue weighted by Gasteiger charge is 2.41. The fourth-order valence-electron chi connectivity index (χ4n) is 1.64. The van der Waals surface area contributed by atoms with Gasteiger partial charge < -0.3 is 14.8 Å². The average Bonchev–Trinajstić information content (AvgIpc) is 2.88. The molecule has 0 aromatic carbocycles. The van der Waals surface area contributed by atoms with Gasteiger partial charge in [-0.2, -0.15) is 8.78 Å². The van der Waals surface area contributed by atoms with Gasteiger partial charge in [-0.05, 0) is 0 Å². The van der Waals surface area contributed by atoms with Crippen molar-refractivity contribution in [3.63, 3.8) is 0 Å². The quantitative estimate of drug-likeness (QED) is 0.818. The molecule has 1 saturated heterocycles. The summed E-state index contributed by atoms with van der Waals surface area (Å²) < 4.78 is 59.0. The average molecular weight is 314 g/mol. The number of nitrogens with one attached hydrogen (secondary N) is 1. The van der Waals surface area contributed by atoms with Crippen molar-refractivity contribution in [3.05, 3.63) is 16.1 Å². The van der Waals surface area contributed by atoms with E-state index in [1.807, 2.05) is 0 Å². The number of hydrogen-bond acceptors (Lipinski definition) is 5. The first-order chi connectivity index (χ1) is 9.49. The van der Waals surface area contributed by atoms with E-state index in [-0.39, 0.29) is 12.6 Å². The van der Waals surface area contributed by atoms with Crippen molar-refractivity contribution in [2.45, 2.75) is 25.0 Å². The number of thiazole rings is 1. The molecule has 1 aliphatic rings. The molecule has 4 nitrogen and oxygen atoms in total. The first-order valence-corrected chi connectivity index (χ1v) is 6.86. The van der Waals surface area contributed by atoms with Gasteiger partial charge in [-0.3, -0.25) is 0 Å². The summed E-state index contributed by atoms with van der Waals surface area (Å²) >= 11 is 1.24. The van der Waals surface area contributed by atoms with Crippen molar-refractivity contribution in [1.82, 2.24) is 10.3 Å². The molecular weight excluding hydrogens is 300 g/mol. The standard InChI is InChI=1S/C11H14F4N2O2S/c12-10(13)11(14,15)6-19-4-9-17-8(5-20-9)7-3-18-2-1-16-7/h5,7,10,16H,1-4,6H2. The molecule has 2 rings (SSSR count). The second-order valence-corrected chi connectivity index (χ2v) is 5.24. The third kappa shape index (κ3) is 4.11. The number of rotatable bonds is 6. The van der Waals surface area contributed by atoms with Gasteiger partial charge in [-0.25, -0.2) is 13.8 Å². The molecular formula is C11H14F4N2O2S. The molecule has 114 valence electrons. The first kappa shape index (κ1) is 15.6. The van der Waals surface area contributed by atoms with Gasteiger partial charge in [0.05, 0.1) is 31.6 Å². The van der Waals surface area contributed by atoms with Crippen molar-refractivity contribution < 1.29 is 27.0 Å². The maximum Gasteiger partial charge on any atom is 0.330 e. The zero-order chi connectivity index (χ0) is 14.6. The summed E-state index contributed by atoms with van der Waals surface area (Å²) in [5.41, 5.74) is 0.744. The molecule has 20 heavy (non-hydrogen) atoms. The van der Waals surface area contributed by atoms with Gasteiger partial charge in [-0.1, -0.05) is 0 Å². The Labute approximate surface area is 117 Å². The summed E-state index contributed by atoms with van der Waals surface area (Å²) in [7, 11) is 0. The molecule has 1 aromatic rings. The zero-order valence-electron chi connectivity index (χ0n) is 10.5. The van der Waals surface area contributed by atoms with E-state index in [4.69, 9.17) is 4.74 Å². The molecule has 1 atom stereocenters. The summed E-state index contributed by atoms with van der Waals surface area (Å²) in [5.74, 6) is -4.13. The molecule has 1 aromatic heterocycles. The van der Waals surface area contributed by atoms with E-state index in [0.717, 1.165) is 5.69 Å². The van der Waals surface area contributed by atoms with E-state index in [2.05, 4.69) is 15.0 Å². The third-order valence-corrected chi connectivity index (χ3v) is 3.53. The molecule has 1 unspecified atom stereocenters. The van der Waals surface area contributed by atoms with E-state index in [1.54, 1.807) is 5.38 Å². The Morgan fingerprint density at radius 1 is 1.55 bits per heavy atom. The van der Waals surface area contributed by atoms with Gasteiger partial charge in [-0.15, -0.1) is 11.3 Å². The van der Waals surface area contributed by atoms with E-state index >= 15 is 0 Å². The molecule has 2 heterocycles. The number of nitrogens with zero attached hydrogens (tertiary/aromatic N) is 1. The second kappa shape index (κ2) is 6.79. The fourth-order valence-corrected chi connectivity index (χ4v) is 2.43. The maximum atomic E-state index is 12.6. The summed E-state index contributed by atoms with van der Waals surface area (Å²) in [6.45, 7) is 0.326. The van der Waals surface area contributed by atoms with Crippen LogP contribution in [-0.2, 0) is 16.1 Å². The van der Waals surface area contributed by atoms with Gasteiger partial charge in [0.2, 0.25) is 0 Å². The lowest BCUT2D eigenvalue weighted by Gasteiger charge is -2.22. The van der Waals surface area contributed by atoms with E-state index in [9.17, 15) is 17.6 Å². The van der Waals surface area contributed by atoms with Crippen LogP contribution < -0.4 is 5.32 Å². The van der Waals surface area contributed by atoms with Crippen LogP contribution in [0, 0.1) is 0 Å². The third-order valence-electron chi connectivity index (χ3n) is 2.69. The molecule has 0 aliphatic carbocycles. The summed E-state index contributed by atoms with van der Waals surface area (Å²) in [6.07, 6.45) is -3.72. The fraction of sp³-hybridized carbons (Fsp3) is 0.727. The highest BCUT2D eigenvalue weighted by Crippen LogP contribution is 2.24. The lowest BCUT2D eigenvalue weighted by Crippen LogP contribution is -2.34. The molecule has 0 saturated carbocycles. The van der Waals surface area contributed by atoms with Crippen LogP contribution in [0.2, 0.25) is 0 Å². The minimum Gasteiger partial charge on any atom is -0.378 e. The van der Waals surface area contributed by atoms with Crippen molar-refractivity contribution in [2.24, 2.45) is 0 Å². The molecule has 0 bridgehead atoms. The van der Waals surface area contributed by atoms with Crippen LogP contribution in [0.5, 0.6) is 0 Å². The Morgan fingerprint density at radius 2 is 2.35 bits per heavy atom. The lowest BCUT2D eigenvalue weighted by molar-refractivity contribution is -0.168. The normalized spacial score (nSPS) is 20.6. The number of alkyl halides is 4. The molecule has 0 amide bonds. The van der Waals surface area contributed by atoms with Gasteiger partial charge >= 0.3 is 12.3 Å². The molecule has 1 fully saturated rings. The van der Waals surface area contributed by atoms with Crippen LogP contribution in [0.15, 0.2) is 5.38 Å². The summed E-state index contributed by atoms with van der Waals surface area (Å²) in [4.78, 5) is 4.22. The van der Waals surface area contributed by atoms with Crippen LogP contribution in [0.4, 0.5) is 17.6 Å². The second-order valence-electron chi connectivity index (χ2n) is 4.30. The smallest absolute Gasteiger partial charge is 0.330 e. The van der Waals surface area contributed by atoms with E-state index in [0.29, 0.717) is 24.8 Å².